The van der Waals surface area contributed by atoms with Gasteiger partial charge in [-0.15, -0.1) is 0 Å². The van der Waals surface area contributed by atoms with E-state index in [1.54, 1.807) is 0 Å². The minimum Gasteiger partial charge on any atom is -0.252 e. The third kappa shape index (κ3) is 14.3. The van der Waals surface area contributed by atoms with Gasteiger partial charge in [-0.25, -0.2) is 0 Å². The molecule has 5 aromatic rings. The Morgan fingerprint density at radius 1 is 0.324 bits per heavy atom. The lowest BCUT2D eigenvalue weighted by atomic mass is 9.12. The lowest BCUT2D eigenvalue weighted by molar-refractivity contribution is -0.687. The fourth-order valence-electron chi connectivity index (χ4n) is 7.13. The highest BCUT2D eigenvalue weighted by atomic mass is 19.4. The van der Waals surface area contributed by atoms with Crippen molar-refractivity contribution in [2.45, 2.75) is 68.3 Å². The van der Waals surface area contributed by atoms with Crippen molar-refractivity contribution in [3.8, 4) is 0 Å². The number of benzene rings is 4. The van der Waals surface area contributed by atoms with Gasteiger partial charge < -0.3 is 0 Å². The predicted octanol–water partition coefficient (Wildman–Crippen LogP) is 13.6. The van der Waals surface area contributed by atoms with E-state index in [-0.39, 0.29) is 6.08 Å². The lowest BCUT2D eigenvalue weighted by Gasteiger charge is -2.46. The topological polar surface area (TPSA) is 16.8 Å². The number of alkyl halides is 30. The fourth-order valence-corrected chi connectivity index (χ4v) is 7.13. The van der Waals surface area contributed by atoms with Crippen LogP contribution in [0.25, 0.3) is 0 Å². The summed E-state index contributed by atoms with van der Waals surface area (Å²) < 4.78 is 415. The molecule has 1 heterocycles. The molecule has 0 bridgehead atoms. The molecule has 0 amide bonds. The van der Waals surface area contributed by atoms with Crippen molar-refractivity contribution in [3.63, 3.8) is 0 Å². The summed E-state index contributed by atoms with van der Waals surface area (Å²) in [6.07, 6.45) is -60.5. The van der Waals surface area contributed by atoms with Crippen LogP contribution < -0.4 is 26.4 Å². The summed E-state index contributed by atoms with van der Waals surface area (Å²) in [5.74, 6) is 0. The molecule has 0 N–H and O–H groups in total. The summed E-state index contributed by atoms with van der Waals surface area (Å²) in [6, 6.07) is -8.81. The number of nitrogens with zero attached hydrogens (tertiary/aromatic N) is 2. The highest BCUT2D eigenvalue weighted by Gasteiger charge is 2.51. The number of hydrogen-bond acceptors (Lipinski definition) is 1. The lowest BCUT2D eigenvalue weighted by Crippen LogP contribution is -2.75. The Balaban J connectivity index is 0.000000589. The molecule has 0 unspecified atom stereocenters. The zero-order chi connectivity index (χ0) is 57.0. The van der Waals surface area contributed by atoms with Gasteiger partial charge in [-0.2, -0.15) is 158 Å². The Kier molecular flexibility index (Phi) is 16.1. The Hall–Kier alpha value is -6.34. The summed E-state index contributed by atoms with van der Waals surface area (Å²) in [7, 11) is 0. The summed E-state index contributed by atoms with van der Waals surface area (Å²) in [4.78, 5) is 3.58. The molecule has 0 spiro atoms. The van der Waals surface area contributed by atoms with E-state index >= 15 is 0 Å². The molecule has 0 aliphatic rings. The molecule has 0 fully saturated rings. The van der Waals surface area contributed by atoms with E-state index in [2.05, 4.69) is 4.98 Å². The van der Waals surface area contributed by atoms with Crippen LogP contribution in [0.1, 0.15) is 44.5 Å². The Morgan fingerprint density at radius 3 is 0.676 bits per heavy atom. The van der Waals surface area contributed by atoms with Gasteiger partial charge >= 0.3 is 61.8 Å². The largest absolute Gasteiger partial charge is 0.421 e. The molecule has 74 heavy (non-hydrogen) atoms. The first-order chi connectivity index (χ1) is 33.0. The predicted molar refractivity (Wildman–Crippen MR) is 195 cm³/mol. The maximum atomic E-state index is 14.2. The van der Waals surface area contributed by atoms with Crippen molar-refractivity contribution in [1.82, 2.24) is 4.98 Å². The maximum Gasteiger partial charge on any atom is 0.421 e. The van der Waals surface area contributed by atoms with Crippen LogP contribution in [-0.2, 0) is 56.0 Å². The van der Waals surface area contributed by atoms with E-state index in [1.165, 1.54) is 24.8 Å². The molecule has 2 nitrogen and oxygen atoms in total. The quantitative estimate of drug-likeness (QED) is 0.0717. The first-order valence-electron chi connectivity index (χ1n) is 19.0. The van der Waals surface area contributed by atoms with Gasteiger partial charge in [0.2, 0.25) is 0 Å². The molecule has 0 radical (unpaired) electrons. The van der Waals surface area contributed by atoms with Gasteiger partial charge in [0.15, 0.2) is 18.9 Å². The monoisotopic (exact) mass is 1120 g/mol. The van der Waals surface area contributed by atoms with Crippen molar-refractivity contribution in [2.75, 3.05) is 0 Å². The number of aromatic nitrogens is 2. The average Bonchev–Trinajstić information content (AvgIpc) is 3.21. The zero-order valence-electron chi connectivity index (χ0n) is 34.8. The fraction of sp³-hybridized carbons (Fsp3) is 0.268. The van der Waals surface area contributed by atoms with Gasteiger partial charge in [0.1, 0.15) is 11.7 Å². The van der Waals surface area contributed by atoms with Crippen molar-refractivity contribution in [1.29, 1.82) is 0 Å². The van der Waals surface area contributed by atoms with Crippen LogP contribution in [-0.4, -0.2) is 23.5 Å². The van der Waals surface area contributed by atoms with Crippen LogP contribution in [0.4, 0.5) is 132 Å². The maximum absolute atomic E-state index is 14.2. The van der Waals surface area contributed by atoms with Crippen LogP contribution in [0.15, 0.2) is 109 Å². The number of rotatable bonds is 6. The van der Waals surface area contributed by atoms with Crippen LogP contribution in [0.2, 0.25) is 0 Å². The summed E-state index contributed by atoms with van der Waals surface area (Å²) >= 11 is 0. The van der Waals surface area contributed by atoms with Crippen molar-refractivity contribution < 1.29 is 136 Å². The highest BCUT2D eigenvalue weighted by molar-refractivity contribution is 7.20. The molecule has 0 atom stereocenters. The SMILES string of the molecule is FC(F)(F)C(=CC[n+]1ccncc1)C(F)(F)F.FC(F)(F)c1cc([B-](c2cc(C(F)(F)F)cc(C(F)(F)F)c2)(c2cc(C(F)(F)F)cc(C(F)(F)F)c2)c2cc(C(F)(F)F)cc(C(F)(F)F)c2)cc(C(F)(F)F)c1. The molecule has 0 saturated carbocycles. The smallest absolute Gasteiger partial charge is 0.252 e. The molecule has 406 valence electrons. The van der Waals surface area contributed by atoms with E-state index in [4.69, 9.17) is 0 Å². The molecule has 5 rings (SSSR count). The van der Waals surface area contributed by atoms with Crippen LogP contribution in [0, 0.1) is 0 Å². The normalized spacial score (nSPS) is 13.9. The summed E-state index contributed by atoms with van der Waals surface area (Å²) in [5, 5.41) is 0. The minimum absolute atomic E-state index is 0.0972. The molecule has 4 aromatic carbocycles. The average molecular weight is 1120 g/mol. The second-order valence-corrected chi connectivity index (χ2v) is 15.3. The van der Waals surface area contributed by atoms with Gasteiger partial charge in [0, 0.05) is 0 Å². The van der Waals surface area contributed by atoms with Crippen molar-refractivity contribution in [3.05, 3.63) is 154 Å². The third-order valence-electron chi connectivity index (χ3n) is 10.2. The first-order valence-corrected chi connectivity index (χ1v) is 19.0. The van der Waals surface area contributed by atoms with Crippen LogP contribution >= 0.6 is 0 Å². The van der Waals surface area contributed by atoms with E-state index in [1.807, 2.05) is 0 Å². The van der Waals surface area contributed by atoms with Crippen LogP contribution in [0.3, 0.4) is 0 Å². The van der Waals surface area contributed by atoms with Crippen LogP contribution in [0.5, 0.6) is 0 Å². The molecular weight excluding hydrogens is 1100 g/mol. The van der Waals surface area contributed by atoms with E-state index in [9.17, 15) is 132 Å². The second kappa shape index (κ2) is 19.7. The Bertz CT molecular complexity index is 2360. The third-order valence-corrected chi connectivity index (χ3v) is 10.2. The molecule has 0 aliphatic carbocycles. The van der Waals surface area contributed by atoms with E-state index in [0.29, 0.717) is 0 Å². The van der Waals surface area contributed by atoms with Gasteiger partial charge in [0.25, 0.3) is 0 Å². The van der Waals surface area contributed by atoms with Gasteiger partial charge in [-0.05, 0) is 30.3 Å². The van der Waals surface area contributed by atoms with E-state index < -0.39 is 219 Å². The molecule has 0 saturated heterocycles. The zero-order valence-corrected chi connectivity index (χ0v) is 34.8. The highest BCUT2D eigenvalue weighted by Crippen LogP contribution is 2.42. The second-order valence-electron chi connectivity index (χ2n) is 15.3. The Morgan fingerprint density at radius 2 is 0.514 bits per heavy atom. The molecule has 33 heteroatoms. The number of hydrogen-bond donors (Lipinski definition) is 0. The van der Waals surface area contributed by atoms with Crippen molar-refractivity contribution in [2.24, 2.45) is 0 Å². The number of allylic oxidation sites excluding steroid dienone is 2. The van der Waals surface area contributed by atoms with Gasteiger partial charge in [0.05, 0.1) is 56.9 Å². The Labute approximate surface area is 391 Å². The minimum atomic E-state index is -6.13. The molecular formula is C41H19BF30N2. The standard InChI is InChI=1S/C32H12BF24.C9H7F6N2/c34-25(35,36)13-1-14(26(37,38)39)6-21(5-13)33(22-7-15(27(40,41)42)2-16(8-22)28(43,44)45,23-9-17(29(46,47)48)3-18(10-23)30(49,50)51)24-11-19(31(52,53)54)4-20(12-24)32(55,56)57;10-8(11,12)7(9(13,14)15)1-4-17-5-2-16-3-6-17/h1-12H;1-3,5-6H,4H2/q-1;+1. The summed E-state index contributed by atoms with van der Waals surface area (Å²) in [6.45, 7) is -0.531. The number of halogens is 30. The first kappa shape index (κ1) is 60.2. The molecule has 0 aliphatic heterocycles. The van der Waals surface area contributed by atoms with Gasteiger partial charge in [-0.3, -0.25) is 4.98 Å². The van der Waals surface area contributed by atoms with E-state index in [0.717, 1.165) is 4.57 Å². The van der Waals surface area contributed by atoms with Crippen molar-refractivity contribution >= 4 is 28.0 Å². The summed E-state index contributed by atoms with van der Waals surface area (Å²) in [5.41, 5.74) is -32.7. The van der Waals surface area contributed by atoms with Gasteiger partial charge in [-0.1, -0.05) is 48.5 Å². The molecule has 1 aromatic heterocycles.